The number of aromatic nitrogens is 2. The number of halogens is 1. The van der Waals surface area contributed by atoms with Crippen molar-refractivity contribution >= 4 is 23.5 Å². The molecule has 6 heteroatoms. The first-order valence-corrected chi connectivity index (χ1v) is 6.13. The van der Waals surface area contributed by atoms with Gasteiger partial charge in [-0.2, -0.15) is 0 Å². The van der Waals surface area contributed by atoms with E-state index in [9.17, 15) is 4.79 Å². The van der Waals surface area contributed by atoms with Crippen molar-refractivity contribution in [3.05, 3.63) is 47.2 Å². The highest BCUT2D eigenvalue weighted by Gasteiger charge is 2.29. The van der Waals surface area contributed by atoms with Gasteiger partial charge in [-0.25, -0.2) is 9.97 Å². The molecule has 0 saturated carbocycles. The van der Waals surface area contributed by atoms with Gasteiger partial charge in [0.15, 0.2) is 6.10 Å². The number of ether oxygens (including phenoxy) is 1. The summed E-state index contributed by atoms with van der Waals surface area (Å²) in [4.78, 5) is 19.9. The molecule has 1 aromatic carbocycles. The van der Waals surface area contributed by atoms with E-state index in [4.69, 9.17) is 16.3 Å². The monoisotopic (exact) mass is 275 g/mol. The molecule has 0 bridgehead atoms. The number of rotatable bonds is 2. The quantitative estimate of drug-likeness (QED) is 0.911. The summed E-state index contributed by atoms with van der Waals surface area (Å²) in [7, 11) is 0. The SMILES string of the molecule is O=C(Nc1ncccn1)C1Cc2cc(Cl)ccc2O1. The number of amides is 1. The Morgan fingerprint density at radius 2 is 2.16 bits per heavy atom. The van der Waals surface area contributed by atoms with Crippen LogP contribution in [-0.4, -0.2) is 22.0 Å². The van der Waals surface area contributed by atoms with Crippen LogP contribution in [0.1, 0.15) is 5.56 Å². The van der Waals surface area contributed by atoms with Gasteiger partial charge in [-0.05, 0) is 29.8 Å². The molecule has 1 unspecified atom stereocenters. The third kappa shape index (κ3) is 2.51. The Bertz CT molecular complexity index is 619. The lowest BCUT2D eigenvalue weighted by Gasteiger charge is -2.09. The van der Waals surface area contributed by atoms with E-state index in [0.717, 1.165) is 5.56 Å². The lowest BCUT2D eigenvalue weighted by atomic mass is 10.1. The molecule has 5 nitrogen and oxygen atoms in total. The Hall–Kier alpha value is -2.14. The van der Waals surface area contributed by atoms with Crippen LogP contribution >= 0.6 is 11.6 Å². The number of carbonyl (C=O) groups is 1. The molecular formula is C13H10ClN3O2. The van der Waals surface area contributed by atoms with Crippen LogP contribution in [0.4, 0.5) is 5.95 Å². The molecule has 1 aliphatic rings. The molecule has 1 atom stereocenters. The smallest absolute Gasteiger partial charge is 0.268 e. The van der Waals surface area contributed by atoms with Crippen molar-refractivity contribution in [3.63, 3.8) is 0 Å². The third-order valence-corrected chi connectivity index (χ3v) is 3.03. The van der Waals surface area contributed by atoms with Gasteiger partial charge in [0.25, 0.3) is 5.91 Å². The van der Waals surface area contributed by atoms with Gasteiger partial charge >= 0.3 is 0 Å². The highest BCUT2D eigenvalue weighted by molar-refractivity contribution is 6.30. The van der Waals surface area contributed by atoms with Crippen LogP contribution in [0.2, 0.25) is 5.02 Å². The average molecular weight is 276 g/mol. The number of fused-ring (bicyclic) bond motifs is 1. The standard InChI is InChI=1S/C13H10ClN3O2/c14-9-2-3-10-8(6-9)7-11(19-10)12(18)17-13-15-4-1-5-16-13/h1-6,11H,7H2,(H,15,16,17,18). The largest absolute Gasteiger partial charge is 0.480 e. The Morgan fingerprint density at radius 1 is 1.37 bits per heavy atom. The molecule has 1 aliphatic heterocycles. The molecule has 1 N–H and O–H groups in total. The normalized spacial score (nSPS) is 16.6. The van der Waals surface area contributed by atoms with Crippen LogP contribution in [0.5, 0.6) is 5.75 Å². The average Bonchev–Trinajstić information content (AvgIpc) is 2.83. The number of anilines is 1. The van der Waals surface area contributed by atoms with Gasteiger partial charge in [0.2, 0.25) is 5.95 Å². The summed E-state index contributed by atoms with van der Waals surface area (Å²) in [6.07, 6.45) is 3.05. The second-order valence-electron chi connectivity index (χ2n) is 4.12. The minimum Gasteiger partial charge on any atom is -0.480 e. The van der Waals surface area contributed by atoms with Gasteiger partial charge in [-0.1, -0.05) is 11.6 Å². The number of carbonyl (C=O) groups excluding carboxylic acids is 1. The molecule has 0 saturated heterocycles. The topological polar surface area (TPSA) is 64.1 Å². The van der Waals surface area contributed by atoms with E-state index in [2.05, 4.69) is 15.3 Å². The Kier molecular flexibility index (Phi) is 3.05. The maximum Gasteiger partial charge on any atom is 0.268 e. The molecule has 96 valence electrons. The van der Waals surface area contributed by atoms with Crippen molar-refractivity contribution in [1.82, 2.24) is 9.97 Å². The van der Waals surface area contributed by atoms with E-state index in [1.54, 1.807) is 30.6 Å². The minimum absolute atomic E-state index is 0.265. The maximum atomic E-state index is 12.0. The minimum atomic E-state index is -0.572. The summed E-state index contributed by atoms with van der Waals surface area (Å²) in [5.74, 6) is 0.696. The molecule has 0 aliphatic carbocycles. The van der Waals surface area contributed by atoms with Gasteiger partial charge in [0, 0.05) is 23.8 Å². The zero-order chi connectivity index (χ0) is 13.2. The van der Waals surface area contributed by atoms with E-state index in [1.807, 2.05) is 6.07 Å². The summed E-state index contributed by atoms with van der Waals surface area (Å²) >= 11 is 5.90. The van der Waals surface area contributed by atoms with Crippen molar-refractivity contribution in [2.45, 2.75) is 12.5 Å². The van der Waals surface area contributed by atoms with Crippen molar-refractivity contribution in [3.8, 4) is 5.75 Å². The van der Waals surface area contributed by atoms with Crippen molar-refractivity contribution in [2.75, 3.05) is 5.32 Å². The van der Waals surface area contributed by atoms with Gasteiger partial charge in [0.05, 0.1) is 0 Å². The molecule has 0 radical (unpaired) electrons. The number of nitrogens with one attached hydrogen (secondary N) is 1. The molecule has 19 heavy (non-hydrogen) atoms. The van der Waals surface area contributed by atoms with Crippen molar-refractivity contribution in [1.29, 1.82) is 0 Å². The summed E-state index contributed by atoms with van der Waals surface area (Å²) in [6, 6.07) is 6.99. The molecule has 3 rings (SSSR count). The molecule has 0 fully saturated rings. The molecule has 2 heterocycles. The fourth-order valence-electron chi connectivity index (χ4n) is 1.92. The summed E-state index contributed by atoms with van der Waals surface area (Å²) in [6.45, 7) is 0. The van der Waals surface area contributed by atoms with Gasteiger partial charge in [-0.15, -0.1) is 0 Å². The van der Waals surface area contributed by atoms with Crippen LogP contribution < -0.4 is 10.1 Å². The lowest BCUT2D eigenvalue weighted by molar-refractivity contribution is -0.122. The number of nitrogens with zero attached hydrogens (tertiary/aromatic N) is 2. The molecule has 1 amide bonds. The number of benzene rings is 1. The summed E-state index contributed by atoms with van der Waals surface area (Å²) in [5, 5.41) is 3.25. The Morgan fingerprint density at radius 3 is 2.95 bits per heavy atom. The van der Waals surface area contributed by atoms with Gasteiger partial charge in [-0.3, -0.25) is 10.1 Å². The Balaban J connectivity index is 1.71. The predicted molar refractivity (Wildman–Crippen MR) is 70.2 cm³/mol. The molecule has 2 aromatic rings. The summed E-state index contributed by atoms with van der Waals surface area (Å²) in [5.41, 5.74) is 0.932. The second kappa shape index (κ2) is 4.85. The van der Waals surface area contributed by atoms with Gasteiger partial charge in [0.1, 0.15) is 5.75 Å². The third-order valence-electron chi connectivity index (χ3n) is 2.79. The fraction of sp³-hybridized carbons (Fsp3) is 0.154. The van der Waals surface area contributed by atoms with E-state index in [-0.39, 0.29) is 11.9 Å². The molecular weight excluding hydrogens is 266 g/mol. The maximum absolute atomic E-state index is 12.0. The zero-order valence-electron chi connectivity index (χ0n) is 9.84. The number of hydrogen-bond donors (Lipinski definition) is 1. The predicted octanol–water partition coefficient (Wildman–Crippen LogP) is 2.07. The first-order valence-electron chi connectivity index (χ1n) is 5.75. The van der Waals surface area contributed by atoms with Crippen LogP contribution in [0.15, 0.2) is 36.7 Å². The zero-order valence-corrected chi connectivity index (χ0v) is 10.6. The van der Waals surface area contributed by atoms with Crippen LogP contribution in [0, 0.1) is 0 Å². The second-order valence-corrected chi connectivity index (χ2v) is 4.56. The first kappa shape index (κ1) is 11.9. The van der Waals surface area contributed by atoms with E-state index in [1.165, 1.54) is 0 Å². The number of hydrogen-bond acceptors (Lipinski definition) is 4. The van der Waals surface area contributed by atoms with Crippen LogP contribution in [-0.2, 0) is 11.2 Å². The van der Waals surface area contributed by atoms with Crippen molar-refractivity contribution in [2.24, 2.45) is 0 Å². The van der Waals surface area contributed by atoms with E-state index < -0.39 is 6.10 Å². The first-order chi connectivity index (χ1) is 9.22. The molecule has 0 spiro atoms. The summed E-state index contributed by atoms with van der Waals surface area (Å²) < 4.78 is 5.57. The fourth-order valence-corrected chi connectivity index (χ4v) is 2.11. The van der Waals surface area contributed by atoms with Gasteiger partial charge < -0.3 is 4.74 Å². The lowest BCUT2D eigenvalue weighted by Crippen LogP contribution is -2.32. The van der Waals surface area contributed by atoms with E-state index >= 15 is 0 Å². The molecule has 1 aromatic heterocycles. The Labute approximate surface area is 114 Å². The van der Waals surface area contributed by atoms with Crippen molar-refractivity contribution < 1.29 is 9.53 Å². The van der Waals surface area contributed by atoms with Crippen LogP contribution in [0.25, 0.3) is 0 Å². The van der Waals surface area contributed by atoms with E-state index in [0.29, 0.717) is 17.2 Å². The van der Waals surface area contributed by atoms with Crippen LogP contribution in [0.3, 0.4) is 0 Å². The highest BCUT2D eigenvalue weighted by Crippen LogP contribution is 2.31. The highest BCUT2D eigenvalue weighted by atomic mass is 35.5.